The maximum absolute atomic E-state index is 13.1. The van der Waals surface area contributed by atoms with Gasteiger partial charge in [-0.15, -0.1) is 0 Å². The van der Waals surface area contributed by atoms with Crippen LogP contribution >= 0.6 is 0 Å². The first kappa shape index (κ1) is 77.2. The molecule has 0 unspecified atom stereocenters. The molecule has 0 bridgehead atoms. The highest BCUT2D eigenvalue weighted by atomic mass is 28.4. The van der Waals surface area contributed by atoms with Crippen molar-refractivity contribution in [2.75, 3.05) is 78.5 Å². The number of hydrogen-bond donors (Lipinski definition) is 0. The lowest BCUT2D eigenvalue weighted by Gasteiger charge is -2.39. The van der Waals surface area contributed by atoms with E-state index in [1.807, 2.05) is 18.2 Å². The first-order valence-corrected chi connectivity index (χ1v) is 33.1. The molecule has 0 saturated heterocycles. The van der Waals surface area contributed by atoms with E-state index in [4.69, 9.17) is 13.3 Å². The maximum atomic E-state index is 13.1. The van der Waals surface area contributed by atoms with Crippen molar-refractivity contribution in [1.82, 2.24) is 0 Å². The van der Waals surface area contributed by atoms with Crippen molar-refractivity contribution < 1.29 is 40.9 Å². The van der Waals surface area contributed by atoms with Crippen molar-refractivity contribution in [1.29, 1.82) is 0 Å². The van der Waals surface area contributed by atoms with Gasteiger partial charge in [0, 0.05) is 0 Å². The van der Waals surface area contributed by atoms with Crippen molar-refractivity contribution in [3.8, 4) is 17.2 Å². The molecule has 0 fully saturated rings. The average molecular weight is 1090 g/mol. The number of rotatable bonds is 42. The first-order valence-electron chi connectivity index (χ1n) is 31.4. The molecule has 10 heteroatoms. The lowest BCUT2D eigenvalue weighted by Crippen LogP contribution is -3.00. The molecule has 76 heavy (non-hydrogen) atoms. The van der Waals surface area contributed by atoms with Gasteiger partial charge in [-0.05, 0) is 113 Å². The molecular formula is C66H123F2N3O4Si. The minimum Gasteiger partial charge on any atom is -1.00 e. The fourth-order valence-corrected chi connectivity index (χ4v) is 11.3. The topological polar surface area (TPSA) is 50.8 Å². The van der Waals surface area contributed by atoms with Gasteiger partial charge in [0.15, 0.2) is 0 Å². The predicted molar refractivity (Wildman–Crippen MR) is 325 cm³/mol. The van der Waals surface area contributed by atoms with Crippen LogP contribution in [0.2, 0.25) is 0 Å². The van der Waals surface area contributed by atoms with E-state index in [-0.39, 0.29) is 9.41 Å². The Morgan fingerprint density at radius 1 is 0.263 bits per heavy atom. The van der Waals surface area contributed by atoms with E-state index in [1.54, 1.807) is 72.8 Å². The Balaban J connectivity index is -0.000000938. The molecule has 3 rings (SSSR count). The lowest BCUT2D eigenvalue weighted by molar-refractivity contribution is -0.929. The van der Waals surface area contributed by atoms with Gasteiger partial charge >= 0.3 is 9.05 Å². The zero-order valence-corrected chi connectivity index (χ0v) is 52.8. The molecule has 0 N–H and O–H groups in total. The van der Waals surface area contributed by atoms with Gasteiger partial charge < -0.3 is 40.9 Å². The van der Waals surface area contributed by atoms with E-state index in [9.17, 15) is 4.80 Å². The van der Waals surface area contributed by atoms with Gasteiger partial charge in [0.2, 0.25) is 0 Å². The highest BCUT2D eigenvalue weighted by molar-refractivity contribution is 6.52. The molecule has 444 valence electrons. The minimum absolute atomic E-state index is 0. The van der Waals surface area contributed by atoms with Gasteiger partial charge in [0.25, 0.3) is 0 Å². The number of unbranched alkanes of at least 4 members (excludes halogenated alkanes) is 12. The van der Waals surface area contributed by atoms with E-state index in [0.29, 0.717) is 17.2 Å². The molecule has 0 radical (unpaired) electrons. The highest BCUT2D eigenvalue weighted by Gasteiger charge is 2.34. The molecule has 3 aromatic rings. The molecule has 0 spiro atoms. The van der Waals surface area contributed by atoms with Crippen molar-refractivity contribution >= 4 is 9.05 Å². The summed E-state index contributed by atoms with van der Waals surface area (Å²) in [6.07, 6.45) is 33.2. The second-order valence-corrected chi connectivity index (χ2v) is 23.3. The number of quaternary nitrogens is 3. The monoisotopic (exact) mass is 1090 g/mol. The van der Waals surface area contributed by atoms with Crippen molar-refractivity contribution in [2.45, 2.75) is 237 Å². The number of nitrogens with zero attached hydrogens (tertiary/aromatic N) is 3. The van der Waals surface area contributed by atoms with Gasteiger partial charge in [-0.1, -0.05) is 215 Å². The molecule has 0 heterocycles. The van der Waals surface area contributed by atoms with E-state index >= 15 is 0 Å². The molecule has 0 saturated carbocycles. The number of hydrogen-bond acceptors (Lipinski definition) is 4. The summed E-state index contributed by atoms with van der Waals surface area (Å²) in [4.78, 5) is 13.1. The summed E-state index contributed by atoms with van der Waals surface area (Å²) < 4.78 is 20.9. The van der Waals surface area contributed by atoms with Crippen LogP contribution in [0.3, 0.4) is 0 Å². The Morgan fingerprint density at radius 2 is 0.395 bits per heavy atom. The Morgan fingerprint density at radius 3 is 0.513 bits per heavy atom. The van der Waals surface area contributed by atoms with Crippen LogP contribution < -0.4 is 27.5 Å². The van der Waals surface area contributed by atoms with Crippen LogP contribution in [0.4, 0.5) is 0 Å². The van der Waals surface area contributed by atoms with E-state index in [0.717, 1.165) is 0 Å². The van der Waals surface area contributed by atoms with Crippen LogP contribution in [0.1, 0.15) is 237 Å². The van der Waals surface area contributed by atoms with Crippen molar-refractivity contribution in [3.63, 3.8) is 0 Å². The highest BCUT2D eigenvalue weighted by Crippen LogP contribution is 2.22. The first-order chi connectivity index (χ1) is 36.0. The zero-order chi connectivity index (χ0) is 54.9. The molecule has 0 aromatic heterocycles. The van der Waals surface area contributed by atoms with Crippen LogP contribution in [0, 0.1) is 0 Å². The molecule has 0 aliphatic heterocycles. The van der Waals surface area contributed by atoms with Gasteiger partial charge in [-0.25, -0.2) is 0 Å². The minimum atomic E-state index is -4.22. The number of halogens is 2. The quantitative estimate of drug-likeness (QED) is 0.0419. The Bertz CT molecular complexity index is 1310. The third-order valence-electron chi connectivity index (χ3n) is 14.8. The molecule has 7 nitrogen and oxygen atoms in total. The van der Waals surface area contributed by atoms with Crippen LogP contribution in [0.5, 0.6) is 17.2 Å². The van der Waals surface area contributed by atoms with Crippen LogP contribution in [0.25, 0.3) is 0 Å². The largest absolute Gasteiger partial charge is 1.00 e. The summed E-state index contributed by atoms with van der Waals surface area (Å²) >= 11 is 0. The van der Waals surface area contributed by atoms with Gasteiger partial charge in [0.1, 0.15) is 17.2 Å². The third kappa shape index (κ3) is 37.7. The molecule has 0 amide bonds. The summed E-state index contributed by atoms with van der Waals surface area (Å²) in [5.41, 5.74) is 0. The molecule has 3 aromatic carbocycles. The summed E-state index contributed by atoms with van der Waals surface area (Å²) in [6.45, 7) is 45.1. The molecule has 0 aliphatic carbocycles. The van der Waals surface area contributed by atoms with E-state index in [1.165, 1.54) is 246 Å². The number of para-hydroxylation sites is 3. The molecular weight excluding hydrogens is 965 g/mol. The van der Waals surface area contributed by atoms with Gasteiger partial charge in [-0.2, -0.15) is 0 Å². The maximum Gasteiger partial charge on any atom is 0.623 e. The second-order valence-electron chi connectivity index (χ2n) is 21.7. The summed E-state index contributed by atoms with van der Waals surface area (Å²) in [7, 11) is -4.22. The predicted octanol–water partition coefficient (Wildman–Crippen LogP) is 12.0. The Hall–Kier alpha value is -3.02. The SMILES string of the molecule is CCCC[N+](CCCC)(CCCC)CCCC.CCCC[N+](CCCC)(CCCC)CCCC.CCCC[N+](CCCC)(CCCC)CCCC.[F-].[F-].[O-][Si](Oc1ccccc1)(Oc1ccccc1)Oc1ccccc1. The van der Waals surface area contributed by atoms with Crippen molar-refractivity contribution in [3.05, 3.63) is 91.0 Å². The summed E-state index contributed by atoms with van der Waals surface area (Å²) in [5.74, 6) is 1.25. The smallest absolute Gasteiger partial charge is 0.623 e. The fourth-order valence-electron chi connectivity index (χ4n) is 9.90. The Labute approximate surface area is 471 Å². The second kappa shape index (κ2) is 51.4. The van der Waals surface area contributed by atoms with Crippen molar-refractivity contribution in [2.24, 2.45) is 0 Å². The fraction of sp³-hybridized carbons (Fsp3) is 0.727. The standard InChI is InChI=1S/C18H15O4Si.3C16H36N.2FH/c19-23(20-16-10-4-1-5-11-16,21-17-12-6-2-7-13-17)22-18-14-8-3-9-15-18;3*1-5-9-13-17(14-10-6-2,15-11-7-3)16-12-8-4;;/h1-15H;3*5-16H2,1-4H3;2*1H/q-1;3*+1;;/p-2. The Kier molecular flexibility index (Phi) is 52.2. The van der Waals surface area contributed by atoms with Gasteiger partial charge in [-0.3, -0.25) is 0 Å². The molecule has 0 atom stereocenters. The van der Waals surface area contributed by atoms with E-state index < -0.39 is 9.05 Å². The molecule has 0 aliphatic rings. The number of benzene rings is 3. The third-order valence-corrected chi connectivity index (χ3v) is 16.2. The van der Waals surface area contributed by atoms with Crippen LogP contribution in [-0.2, 0) is 0 Å². The van der Waals surface area contributed by atoms with Crippen LogP contribution in [-0.4, -0.2) is 101 Å². The van der Waals surface area contributed by atoms with Gasteiger partial charge in [0.05, 0.1) is 78.5 Å². The normalized spacial score (nSPS) is 11.3. The van der Waals surface area contributed by atoms with Crippen LogP contribution in [0.15, 0.2) is 91.0 Å². The summed E-state index contributed by atoms with van der Waals surface area (Å²) in [6, 6.07) is 26.4. The lowest BCUT2D eigenvalue weighted by atomic mass is 10.1. The zero-order valence-electron chi connectivity index (χ0n) is 51.8. The van der Waals surface area contributed by atoms with E-state index in [2.05, 4.69) is 83.1 Å². The average Bonchev–Trinajstić information content (AvgIpc) is 3.43. The summed E-state index contributed by atoms with van der Waals surface area (Å²) in [5, 5.41) is 0.